The van der Waals surface area contributed by atoms with Crippen LogP contribution in [0.3, 0.4) is 0 Å². The van der Waals surface area contributed by atoms with Crippen LogP contribution in [0.25, 0.3) is 0 Å². The molecule has 0 aromatic rings. The van der Waals surface area contributed by atoms with Crippen molar-refractivity contribution >= 4 is 11.9 Å². The molecule has 1 saturated carbocycles. The van der Waals surface area contributed by atoms with E-state index in [2.05, 4.69) is 13.8 Å². The summed E-state index contributed by atoms with van der Waals surface area (Å²) < 4.78 is 9.94. The molecule has 0 saturated heterocycles. The summed E-state index contributed by atoms with van der Waals surface area (Å²) in [4.78, 5) is 24.7. The molecule has 0 amide bonds. The van der Waals surface area contributed by atoms with Gasteiger partial charge in [-0.05, 0) is 31.1 Å². The van der Waals surface area contributed by atoms with Gasteiger partial charge in [0.2, 0.25) is 0 Å². The Hall–Kier alpha value is -1.06. The lowest BCUT2D eigenvalue weighted by atomic mass is 9.70. The SMILES string of the molecule is COC(=O)C(CCCC(C)C)(C(=O)OC)C1CCCC1. The first-order valence-electron chi connectivity index (χ1n) is 7.65. The number of methoxy groups -OCH3 is 2. The maximum absolute atomic E-state index is 12.4. The molecule has 1 aliphatic carbocycles. The topological polar surface area (TPSA) is 52.6 Å². The van der Waals surface area contributed by atoms with Crippen LogP contribution in [-0.2, 0) is 19.1 Å². The molecule has 0 unspecified atom stereocenters. The van der Waals surface area contributed by atoms with E-state index in [1.165, 1.54) is 14.2 Å². The van der Waals surface area contributed by atoms with Crippen molar-refractivity contribution in [1.29, 1.82) is 0 Å². The Morgan fingerprint density at radius 3 is 2.00 bits per heavy atom. The number of rotatable bonds is 7. The van der Waals surface area contributed by atoms with Gasteiger partial charge in [0.05, 0.1) is 14.2 Å². The second-order valence-corrected chi connectivity index (χ2v) is 6.22. The number of hydrogen-bond donors (Lipinski definition) is 0. The third kappa shape index (κ3) is 3.53. The van der Waals surface area contributed by atoms with Gasteiger partial charge in [0.1, 0.15) is 0 Å². The highest BCUT2D eigenvalue weighted by atomic mass is 16.5. The van der Waals surface area contributed by atoms with Crippen molar-refractivity contribution in [3.63, 3.8) is 0 Å². The molecule has 4 nitrogen and oxygen atoms in total. The minimum absolute atomic E-state index is 0.0644. The first-order valence-corrected chi connectivity index (χ1v) is 7.65. The molecule has 0 aromatic carbocycles. The van der Waals surface area contributed by atoms with Gasteiger partial charge in [-0.1, -0.05) is 39.5 Å². The molecule has 0 N–H and O–H groups in total. The molecule has 1 rings (SSSR count). The zero-order chi connectivity index (χ0) is 15.2. The number of carbonyl (C=O) groups is 2. The fourth-order valence-electron chi connectivity index (χ4n) is 3.40. The summed E-state index contributed by atoms with van der Waals surface area (Å²) in [6.07, 6.45) is 6.35. The maximum Gasteiger partial charge on any atom is 0.323 e. The average Bonchev–Trinajstić information content (AvgIpc) is 2.96. The van der Waals surface area contributed by atoms with E-state index >= 15 is 0 Å². The van der Waals surface area contributed by atoms with Crippen LogP contribution in [0.1, 0.15) is 58.8 Å². The van der Waals surface area contributed by atoms with Crippen LogP contribution in [0, 0.1) is 17.3 Å². The fourth-order valence-corrected chi connectivity index (χ4v) is 3.40. The standard InChI is InChI=1S/C16H28O4/c1-12(2)8-7-11-16(14(17)19-3,15(18)20-4)13-9-5-6-10-13/h12-13H,5-11H2,1-4H3. The third-order valence-corrected chi connectivity index (χ3v) is 4.50. The van der Waals surface area contributed by atoms with Crippen molar-refractivity contribution in [2.45, 2.75) is 58.8 Å². The molecule has 116 valence electrons. The zero-order valence-corrected chi connectivity index (χ0v) is 13.2. The largest absolute Gasteiger partial charge is 0.468 e. The Labute approximate surface area is 122 Å². The summed E-state index contributed by atoms with van der Waals surface area (Å²) in [6.45, 7) is 4.29. The van der Waals surface area contributed by atoms with Crippen molar-refractivity contribution in [2.24, 2.45) is 17.3 Å². The Kier molecular flexibility index (Phi) is 6.50. The highest BCUT2D eigenvalue weighted by Crippen LogP contribution is 2.45. The van der Waals surface area contributed by atoms with Crippen LogP contribution in [0.2, 0.25) is 0 Å². The van der Waals surface area contributed by atoms with E-state index in [0.717, 1.165) is 38.5 Å². The molecular formula is C16H28O4. The fraction of sp³-hybridized carbons (Fsp3) is 0.875. The van der Waals surface area contributed by atoms with Crippen LogP contribution in [0.4, 0.5) is 0 Å². The summed E-state index contributed by atoms with van der Waals surface area (Å²) >= 11 is 0. The molecule has 0 radical (unpaired) electrons. The first kappa shape index (κ1) is 17.0. The smallest absolute Gasteiger partial charge is 0.323 e. The lowest BCUT2D eigenvalue weighted by molar-refractivity contribution is -0.174. The average molecular weight is 284 g/mol. The number of esters is 2. The predicted molar refractivity (Wildman–Crippen MR) is 77.1 cm³/mol. The van der Waals surface area contributed by atoms with E-state index in [4.69, 9.17) is 9.47 Å². The van der Waals surface area contributed by atoms with Crippen molar-refractivity contribution in [3.05, 3.63) is 0 Å². The highest BCUT2D eigenvalue weighted by Gasteiger charge is 2.54. The minimum Gasteiger partial charge on any atom is -0.468 e. The lowest BCUT2D eigenvalue weighted by Gasteiger charge is -2.33. The van der Waals surface area contributed by atoms with E-state index in [0.29, 0.717) is 12.3 Å². The zero-order valence-electron chi connectivity index (χ0n) is 13.2. The van der Waals surface area contributed by atoms with Crippen molar-refractivity contribution < 1.29 is 19.1 Å². The highest BCUT2D eigenvalue weighted by molar-refractivity contribution is 6.00. The molecule has 0 heterocycles. The van der Waals surface area contributed by atoms with Crippen LogP contribution in [0.15, 0.2) is 0 Å². The Balaban J connectivity index is 2.98. The van der Waals surface area contributed by atoms with Crippen molar-refractivity contribution in [2.75, 3.05) is 14.2 Å². The Morgan fingerprint density at radius 1 is 1.10 bits per heavy atom. The molecule has 4 heteroatoms. The lowest BCUT2D eigenvalue weighted by Crippen LogP contribution is -2.46. The molecule has 1 aliphatic rings. The number of ether oxygens (including phenoxy) is 2. The molecule has 20 heavy (non-hydrogen) atoms. The molecular weight excluding hydrogens is 256 g/mol. The Morgan fingerprint density at radius 2 is 1.60 bits per heavy atom. The van der Waals surface area contributed by atoms with Crippen LogP contribution in [0.5, 0.6) is 0 Å². The van der Waals surface area contributed by atoms with Gasteiger partial charge >= 0.3 is 11.9 Å². The van der Waals surface area contributed by atoms with Crippen LogP contribution >= 0.6 is 0 Å². The van der Waals surface area contributed by atoms with Gasteiger partial charge in [-0.25, -0.2) is 0 Å². The summed E-state index contributed by atoms with van der Waals surface area (Å²) in [6, 6.07) is 0. The summed E-state index contributed by atoms with van der Waals surface area (Å²) in [5.41, 5.74) is -1.09. The van der Waals surface area contributed by atoms with Crippen LogP contribution in [-0.4, -0.2) is 26.2 Å². The summed E-state index contributed by atoms with van der Waals surface area (Å²) in [5.74, 6) is -0.207. The van der Waals surface area contributed by atoms with Crippen molar-refractivity contribution in [1.82, 2.24) is 0 Å². The third-order valence-electron chi connectivity index (χ3n) is 4.50. The van der Waals surface area contributed by atoms with E-state index in [1.807, 2.05) is 0 Å². The molecule has 1 fully saturated rings. The number of carbonyl (C=O) groups excluding carboxylic acids is 2. The van der Waals surface area contributed by atoms with Gasteiger partial charge in [0.25, 0.3) is 0 Å². The normalized spacial score (nSPS) is 16.4. The van der Waals surface area contributed by atoms with Crippen molar-refractivity contribution in [3.8, 4) is 0 Å². The minimum atomic E-state index is -1.09. The van der Waals surface area contributed by atoms with Gasteiger partial charge in [-0.3, -0.25) is 9.59 Å². The van der Waals surface area contributed by atoms with Gasteiger partial charge in [0, 0.05) is 0 Å². The summed E-state index contributed by atoms with van der Waals surface area (Å²) in [5, 5.41) is 0. The van der Waals surface area contributed by atoms with Gasteiger partial charge in [-0.2, -0.15) is 0 Å². The second kappa shape index (κ2) is 7.65. The maximum atomic E-state index is 12.4. The molecule has 0 atom stereocenters. The van der Waals surface area contributed by atoms with Gasteiger partial charge in [-0.15, -0.1) is 0 Å². The van der Waals surface area contributed by atoms with E-state index < -0.39 is 17.4 Å². The molecule has 0 spiro atoms. The van der Waals surface area contributed by atoms with Gasteiger partial charge in [0.15, 0.2) is 5.41 Å². The van der Waals surface area contributed by atoms with E-state index in [9.17, 15) is 9.59 Å². The molecule has 0 aliphatic heterocycles. The predicted octanol–water partition coefficient (Wildman–Crippen LogP) is 3.34. The van der Waals surface area contributed by atoms with Gasteiger partial charge < -0.3 is 9.47 Å². The first-order chi connectivity index (χ1) is 9.48. The summed E-state index contributed by atoms with van der Waals surface area (Å²) in [7, 11) is 2.72. The monoisotopic (exact) mass is 284 g/mol. The Bertz CT molecular complexity index is 313. The number of hydrogen-bond acceptors (Lipinski definition) is 4. The molecule has 0 aromatic heterocycles. The second-order valence-electron chi connectivity index (χ2n) is 6.22. The quantitative estimate of drug-likeness (QED) is 0.531. The molecule has 0 bridgehead atoms. The van der Waals surface area contributed by atoms with Crippen LogP contribution < -0.4 is 0 Å². The van der Waals surface area contributed by atoms with E-state index in [1.54, 1.807) is 0 Å². The van der Waals surface area contributed by atoms with E-state index in [-0.39, 0.29) is 5.92 Å².